The molecule has 37 heteroatoms. The van der Waals surface area contributed by atoms with E-state index in [1.165, 1.54) is 11.2 Å². The molecule has 704 valence electrons. The Morgan fingerprint density at radius 3 is 2.12 bits per heavy atom. The van der Waals surface area contributed by atoms with Crippen molar-refractivity contribution in [1.29, 1.82) is 0 Å². The average Bonchev–Trinajstić information content (AvgIpc) is 1.63. The highest BCUT2D eigenvalue weighted by Gasteiger charge is 2.53. The molecule has 12 N–H and O–H groups in total. The maximum Gasteiger partial charge on any atom is 0.407 e. The van der Waals surface area contributed by atoms with E-state index in [4.69, 9.17) is 73.4 Å². The first-order valence-electron chi connectivity index (χ1n) is 44.8. The van der Waals surface area contributed by atoms with E-state index in [1.54, 1.807) is 74.8 Å². The van der Waals surface area contributed by atoms with Crippen molar-refractivity contribution in [1.82, 2.24) is 60.6 Å². The summed E-state index contributed by atoms with van der Waals surface area (Å²) in [6.07, 6.45) is 13.9. The number of alkyl carbamates (subject to hydrolysis) is 1. The molecule has 2 saturated heterocycles. The smallest absolute Gasteiger partial charge is 0.407 e. The van der Waals surface area contributed by atoms with Gasteiger partial charge in [-0.3, -0.25) is 24.0 Å². The Hall–Kier alpha value is -9.06. The minimum atomic E-state index is -2.49. The lowest BCUT2D eigenvalue weighted by Gasteiger charge is -2.43. The van der Waals surface area contributed by atoms with Gasteiger partial charge in [0.2, 0.25) is 17.6 Å². The molecule has 3 aliphatic heterocycles. The number of fused-ring (bicyclic) bond motifs is 5. The number of H-pyrrole nitrogens is 1. The molecular formula is C90H136N14O23. The van der Waals surface area contributed by atoms with Crippen LogP contribution in [0.1, 0.15) is 163 Å². The van der Waals surface area contributed by atoms with Gasteiger partial charge in [0, 0.05) is 114 Å². The third-order valence-corrected chi connectivity index (χ3v) is 23.8. The number of methoxy groups -OCH3 is 2. The second kappa shape index (κ2) is 52.6. The molecule has 0 spiro atoms. The molecule has 127 heavy (non-hydrogen) atoms. The number of hydrogen-bond donors (Lipinski definition) is 10. The topological polar surface area (TPSA) is 493 Å². The first kappa shape index (κ1) is 102. The zero-order valence-corrected chi connectivity index (χ0v) is 75.1. The summed E-state index contributed by atoms with van der Waals surface area (Å²) >= 11 is 0. The number of carbonyl (C=O) groups is 7. The van der Waals surface area contributed by atoms with Crippen LogP contribution in [0, 0.1) is 29.6 Å². The number of benzene rings is 1. The number of phenols is 1. The van der Waals surface area contributed by atoms with Gasteiger partial charge in [-0.2, -0.15) is 5.10 Å². The number of aromatic nitrogens is 8. The number of aromatic hydroxyl groups is 1. The number of rotatable bonds is 40. The molecule has 0 radical (unpaired) electrons. The molecule has 37 nitrogen and oxygen atoms in total. The lowest BCUT2D eigenvalue weighted by Crippen LogP contribution is -2.61. The number of allylic oxidation sites excluding steroid dienone is 5. The number of ether oxygens (including phenoxy) is 12. The number of anilines is 1. The molecule has 9 rings (SSSR count). The highest BCUT2D eigenvalue weighted by Crippen LogP contribution is 2.40. The van der Waals surface area contributed by atoms with E-state index in [9.17, 15) is 54.0 Å². The fourth-order valence-electron chi connectivity index (χ4n) is 16.6. The fourth-order valence-corrected chi connectivity index (χ4v) is 16.6. The van der Waals surface area contributed by atoms with Crippen molar-refractivity contribution in [3.05, 3.63) is 90.1 Å². The number of Topliss-reactive ketones (excluding diaryl/α,β-unsaturated/α-hetero) is 2. The Morgan fingerprint density at radius 2 is 1.43 bits per heavy atom. The van der Waals surface area contributed by atoms with Gasteiger partial charge in [0.15, 0.2) is 11.4 Å². The monoisotopic (exact) mass is 1780 g/mol. The van der Waals surface area contributed by atoms with Crippen LogP contribution >= 0.6 is 0 Å². The van der Waals surface area contributed by atoms with Crippen molar-refractivity contribution in [2.45, 2.75) is 231 Å². The van der Waals surface area contributed by atoms with E-state index >= 15 is 0 Å². The van der Waals surface area contributed by atoms with Crippen molar-refractivity contribution in [2.75, 3.05) is 132 Å². The van der Waals surface area contributed by atoms with Crippen LogP contribution in [-0.4, -0.2) is 293 Å². The first-order chi connectivity index (χ1) is 61.2. The molecule has 2 bridgehead atoms. The van der Waals surface area contributed by atoms with Gasteiger partial charge in [0.05, 0.1) is 127 Å². The van der Waals surface area contributed by atoms with Crippen LogP contribution in [0.15, 0.2) is 84.4 Å². The van der Waals surface area contributed by atoms with Crippen molar-refractivity contribution in [2.24, 2.45) is 35.3 Å². The fraction of sp³-hybridized carbons (Fsp3) is 0.667. The van der Waals surface area contributed by atoms with Crippen LogP contribution in [0.5, 0.6) is 5.75 Å². The van der Waals surface area contributed by atoms with Crippen molar-refractivity contribution < 1.29 is 111 Å². The SMILES string of the molecule is CCO[C@@H]1C[C@@H]([C@H](N)C[C@@H]2CC[C@H](n3cc(COC(=O)NCCOCCOCCOCCC(=O)NCCOCCOCCOCCC(=O)NCCCCn4nc(-c5cc6cc(O)ccc6[nH]5)c5c(N)ncnc54)nn3)[C@H](OC)C2)OC(=O)[C@@H]2CCCCN2C(=O)C(=O)[C@]2(O)O[C@@H](CC[C@H]2C)C[C@H](OC)/C(C)=C/C=C/C=C/[C@@H](C)C[C@@H](C)C(=O)[C@H](O)[C@H](O)/C(C)=C/[C@H]1C. The Morgan fingerprint density at radius 1 is 0.740 bits per heavy atom. The molecular weight excluding hydrogens is 1650 g/mol. The number of carbonyl (C=O) groups excluding carboxylic acids is 7. The second-order valence-electron chi connectivity index (χ2n) is 33.5. The number of aromatic amines is 1. The number of piperidine rings is 1. The van der Waals surface area contributed by atoms with Crippen LogP contribution in [0.2, 0.25) is 0 Å². The number of cyclic esters (lactones) is 1. The summed E-state index contributed by atoms with van der Waals surface area (Å²) in [5, 5.41) is 68.3. The number of esters is 1. The number of aliphatic hydroxyl groups is 3. The number of aliphatic hydroxyl groups excluding tert-OH is 2. The number of hydrogen-bond acceptors (Lipinski definition) is 30. The molecule has 5 aromatic rings. The van der Waals surface area contributed by atoms with Gasteiger partial charge in [0.25, 0.3) is 11.7 Å². The molecule has 1 aliphatic carbocycles. The zero-order chi connectivity index (χ0) is 91.4. The van der Waals surface area contributed by atoms with E-state index in [0.717, 1.165) is 28.6 Å². The quantitative estimate of drug-likeness (QED) is 0.00823. The van der Waals surface area contributed by atoms with Crippen LogP contribution in [0.4, 0.5) is 10.6 Å². The predicted molar refractivity (Wildman–Crippen MR) is 469 cm³/mol. The molecule has 16 atom stereocenters. The number of phenolic OH excluding ortho intramolecular Hbond substituents is 1. The van der Waals surface area contributed by atoms with Crippen LogP contribution in [0.3, 0.4) is 0 Å². The number of nitrogen functional groups attached to an aromatic ring is 1. The molecule has 1 saturated carbocycles. The molecule has 4 aliphatic rings. The normalized spacial score (nSPS) is 27.0. The number of amides is 4. The van der Waals surface area contributed by atoms with Crippen LogP contribution < -0.4 is 27.4 Å². The largest absolute Gasteiger partial charge is 0.508 e. The van der Waals surface area contributed by atoms with Crippen molar-refractivity contribution >= 4 is 69.1 Å². The maximum atomic E-state index is 14.9. The summed E-state index contributed by atoms with van der Waals surface area (Å²) in [7, 11) is 3.17. The number of unbranched alkanes of at least 4 members (excludes halogenated alkanes) is 1. The third-order valence-electron chi connectivity index (χ3n) is 23.8. The third kappa shape index (κ3) is 31.1. The summed E-state index contributed by atoms with van der Waals surface area (Å²) < 4.78 is 73.4. The minimum Gasteiger partial charge on any atom is -0.508 e. The van der Waals surface area contributed by atoms with E-state index in [0.29, 0.717) is 157 Å². The van der Waals surface area contributed by atoms with Gasteiger partial charge in [-0.1, -0.05) is 69.4 Å². The number of nitrogens with two attached hydrogens (primary N) is 2. The average molecular weight is 1780 g/mol. The van der Waals surface area contributed by atoms with Gasteiger partial charge >= 0.3 is 12.1 Å². The summed E-state index contributed by atoms with van der Waals surface area (Å²) in [4.78, 5) is 108. The van der Waals surface area contributed by atoms with E-state index in [2.05, 4.69) is 41.2 Å². The molecule has 4 amide bonds. The summed E-state index contributed by atoms with van der Waals surface area (Å²) in [5.41, 5.74) is 17.9. The minimum absolute atomic E-state index is 0.0416. The molecule has 0 unspecified atom stereocenters. The Kier molecular flexibility index (Phi) is 42.1. The summed E-state index contributed by atoms with van der Waals surface area (Å²) in [5.74, 6) is -7.76. The van der Waals surface area contributed by atoms with Gasteiger partial charge in [0.1, 0.15) is 60.2 Å². The van der Waals surface area contributed by atoms with Crippen molar-refractivity contribution in [3.63, 3.8) is 0 Å². The van der Waals surface area contributed by atoms with Gasteiger partial charge in [-0.05, 0) is 145 Å². The molecule has 7 heterocycles. The van der Waals surface area contributed by atoms with Crippen LogP contribution in [0.25, 0.3) is 33.3 Å². The summed E-state index contributed by atoms with van der Waals surface area (Å²) in [6.45, 7) is 17.7. The number of nitrogens with zero attached hydrogens (tertiary/aromatic N) is 8. The maximum absolute atomic E-state index is 14.9. The first-order valence-corrected chi connectivity index (χ1v) is 44.8. The predicted octanol–water partition coefficient (Wildman–Crippen LogP) is 6.92. The van der Waals surface area contributed by atoms with Crippen molar-refractivity contribution in [3.8, 4) is 17.1 Å². The highest BCUT2D eigenvalue weighted by atomic mass is 16.6. The summed E-state index contributed by atoms with van der Waals surface area (Å²) in [6, 6.07) is 4.70. The van der Waals surface area contributed by atoms with E-state index < -0.39 is 102 Å². The number of nitrogens with one attached hydrogen (secondary N) is 4. The zero-order valence-electron chi connectivity index (χ0n) is 75.1. The molecule has 4 aromatic heterocycles. The highest BCUT2D eigenvalue weighted by molar-refractivity contribution is 6.39. The van der Waals surface area contributed by atoms with Gasteiger partial charge in [-0.25, -0.2) is 28.9 Å². The number of aryl methyl sites for hydroxylation is 1. The van der Waals surface area contributed by atoms with E-state index in [1.807, 2.05) is 64.1 Å². The number of ketones is 2. The Labute approximate surface area is 742 Å². The van der Waals surface area contributed by atoms with Gasteiger partial charge in [-0.15, -0.1) is 5.10 Å². The van der Waals surface area contributed by atoms with Crippen LogP contribution in [-0.2, 0) is 98.8 Å². The second-order valence-corrected chi connectivity index (χ2v) is 33.5. The Bertz CT molecular complexity index is 4420. The standard InChI is InChI=1S/C90H136N14O23/c1-10-124-74-53-75(126-88(113)72-20-14-16-32-102(72)87(112)84(111)90(115)62(7)21-24-67(127-90)52-73(116-8)58(3)19-13-11-12-18-57(2)46-60(5)81(108)83(110)82(109)61(6)47-59(74)4)68(91)48-63-22-26-71(76(49-63)117-9)104-54-65(99-101-104)55-125-89(114)95-31-37-121-41-45-123-43-39-119-35-28-78(107)94-30-36-120-40-44-122-42-38-118-34-27-77(106)93-29-15-17-33-103-86-79(85(92)96-56-97-86)80(100-103)70-51-64-50-66(105)23-25-69(64)98-70/h11-13,18-19,23,25,47,50-51,54,56-57,59-60,62-63,67-68,71-76,82-83,98,105,109-110,115H,10,14-17,20-22,24,26-46,48-49,52-53,55,91H2,1-9H3,(H,93,106)(H,94,107)(H,95,114)(H2,92,96,97)/b13-11+,18-12+,58-19+,61-47+/t57-,59-,60-,62-,63+,67+,68-,71+,72+,73+,74-,75+,76-,82-,83+,90-/m1/s1. The van der Waals surface area contributed by atoms with Gasteiger partial charge < -0.3 is 115 Å². The Balaban J connectivity index is 0.621. The molecule has 1 aromatic carbocycles. The lowest BCUT2D eigenvalue weighted by atomic mass is 9.79. The molecule has 3 fully saturated rings. The lowest BCUT2D eigenvalue weighted by molar-refractivity contribution is -0.265. The van der Waals surface area contributed by atoms with E-state index in [-0.39, 0.29) is 140 Å².